The van der Waals surface area contributed by atoms with E-state index in [1.165, 1.54) is 5.56 Å². The number of carbonyl (C=O) groups excluding carboxylic acids is 1. The molecule has 1 aliphatic heterocycles. The van der Waals surface area contributed by atoms with E-state index in [0.717, 1.165) is 41.6 Å². The molecule has 4 rings (SSSR count). The molecule has 0 aliphatic carbocycles. The Morgan fingerprint density at radius 1 is 1.18 bits per heavy atom. The molecule has 1 aromatic carbocycles. The first-order valence-electron chi connectivity index (χ1n) is 9.56. The molecule has 6 nitrogen and oxygen atoms in total. The number of nitrogens with one attached hydrogen (secondary N) is 1. The van der Waals surface area contributed by atoms with Crippen LogP contribution in [-0.4, -0.2) is 35.1 Å². The van der Waals surface area contributed by atoms with Gasteiger partial charge in [-0.2, -0.15) is 0 Å². The number of amides is 1. The lowest BCUT2D eigenvalue weighted by Crippen LogP contribution is -2.38. The Morgan fingerprint density at radius 3 is 2.64 bits per heavy atom. The number of nitrogens with zero attached hydrogens (tertiary/aromatic N) is 2. The summed E-state index contributed by atoms with van der Waals surface area (Å²) in [5.74, 6) is 2.71. The molecule has 146 valence electrons. The number of furan rings is 1. The number of aryl methyl sites for hydroxylation is 2. The van der Waals surface area contributed by atoms with Crippen LogP contribution >= 0.6 is 0 Å². The molecular weight excluding hydrogens is 354 g/mol. The summed E-state index contributed by atoms with van der Waals surface area (Å²) < 4.78 is 11.4. The van der Waals surface area contributed by atoms with Gasteiger partial charge in [-0.25, -0.2) is 0 Å². The molecule has 1 N–H and O–H groups in total. The van der Waals surface area contributed by atoms with Crippen molar-refractivity contribution < 1.29 is 13.7 Å². The van der Waals surface area contributed by atoms with Crippen LogP contribution in [0.15, 0.2) is 51.4 Å². The zero-order valence-electron chi connectivity index (χ0n) is 16.4. The van der Waals surface area contributed by atoms with Crippen LogP contribution in [0, 0.1) is 13.8 Å². The van der Waals surface area contributed by atoms with E-state index in [1.54, 1.807) is 6.92 Å². The Balaban J connectivity index is 1.47. The third-order valence-corrected chi connectivity index (χ3v) is 5.20. The lowest BCUT2D eigenvalue weighted by atomic mass is 10.0. The summed E-state index contributed by atoms with van der Waals surface area (Å²) in [7, 11) is 0. The molecule has 0 spiro atoms. The number of aromatic nitrogens is 1. The highest BCUT2D eigenvalue weighted by Gasteiger charge is 2.36. The number of hydrogen-bond acceptors (Lipinski definition) is 5. The number of benzene rings is 1. The molecule has 2 atom stereocenters. The molecule has 1 amide bonds. The highest BCUT2D eigenvalue weighted by atomic mass is 16.5. The van der Waals surface area contributed by atoms with E-state index in [9.17, 15) is 4.79 Å². The van der Waals surface area contributed by atoms with Gasteiger partial charge in [-0.3, -0.25) is 9.69 Å². The molecule has 1 aliphatic rings. The number of rotatable bonds is 5. The molecule has 0 bridgehead atoms. The predicted octanol–water partition coefficient (Wildman–Crippen LogP) is 3.66. The van der Waals surface area contributed by atoms with E-state index in [4.69, 9.17) is 8.94 Å². The van der Waals surface area contributed by atoms with Gasteiger partial charge in [-0.15, -0.1) is 0 Å². The van der Waals surface area contributed by atoms with Crippen LogP contribution < -0.4 is 5.32 Å². The van der Waals surface area contributed by atoms with Crippen molar-refractivity contribution in [2.75, 3.05) is 13.1 Å². The lowest BCUT2D eigenvalue weighted by Gasteiger charge is -2.17. The van der Waals surface area contributed by atoms with Crippen LogP contribution in [0.1, 0.15) is 35.7 Å². The largest absolute Gasteiger partial charge is 0.466 e. The van der Waals surface area contributed by atoms with E-state index in [0.29, 0.717) is 6.54 Å². The van der Waals surface area contributed by atoms with Gasteiger partial charge in [-0.1, -0.05) is 35.0 Å². The summed E-state index contributed by atoms with van der Waals surface area (Å²) in [6.45, 7) is 7.73. The van der Waals surface area contributed by atoms with Crippen molar-refractivity contribution in [2.24, 2.45) is 0 Å². The lowest BCUT2D eigenvalue weighted by molar-refractivity contribution is -0.119. The van der Waals surface area contributed by atoms with Crippen LogP contribution in [0.2, 0.25) is 0 Å². The van der Waals surface area contributed by atoms with Crippen molar-refractivity contribution in [1.82, 2.24) is 15.4 Å². The second-order valence-corrected chi connectivity index (χ2v) is 7.60. The Labute approximate surface area is 164 Å². The summed E-state index contributed by atoms with van der Waals surface area (Å²) in [6, 6.07) is 14.2. The fourth-order valence-electron chi connectivity index (χ4n) is 3.83. The second-order valence-electron chi connectivity index (χ2n) is 7.60. The Bertz CT molecular complexity index is 958. The highest BCUT2D eigenvalue weighted by molar-refractivity contribution is 5.73. The van der Waals surface area contributed by atoms with Gasteiger partial charge in [0.05, 0.1) is 18.5 Å². The molecule has 0 radical (unpaired) electrons. The molecule has 6 heteroatoms. The topological polar surface area (TPSA) is 71.5 Å². The summed E-state index contributed by atoms with van der Waals surface area (Å²) in [5, 5.41) is 7.28. The van der Waals surface area contributed by atoms with Crippen molar-refractivity contribution in [3.63, 3.8) is 0 Å². The van der Waals surface area contributed by atoms with E-state index in [2.05, 4.69) is 46.6 Å². The maximum atomic E-state index is 11.6. The summed E-state index contributed by atoms with van der Waals surface area (Å²) in [4.78, 5) is 13.9. The van der Waals surface area contributed by atoms with Gasteiger partial charge in [0, 0.05) is 31.6 Å². The standard InChI is InChI=1S/C22H25N3O3/c1-14-4-7-17(8-5-14)20-10-18(28-24-20)11-25-12-19(21(13-25)23-16(3)26)22-9-6-15(2)27-22/h4-10,19,21H,11-13H2,1-3H3,(H,23,26)/t19-,21-/m1/s1. The molecule has 3 aromatic rings. The normalized spacial score (nSPS) is 19.8. The Morgan fingerprint density at radius 2 is 1.96 bits per heavy atom. The van der Waals surface area contributed by atoms with E-state index >= 15 is 0 Å². The van der Waals surface area contributed by atoms with Gasteiger partial charge in [0.1, 0.15) is 17.2 Å². The third-order valence-electron chi connectivity index (χ3n) is 5.20. The van der Waals surface area contributed by atoms with Crippen LogP contribution in [0.5, 0.6) is 0 Å². The van der Waals surface area contributed by atoms with Crippen LogP contribution in [0.25, 0.3) is 11.3 Å². The molecular formula is C22H25N3O3. The van der Waals surface area contributed by atoms with Gasteiger partial charge in [-0.05, 0) is 26.0 Å². The smallest absolute Gasteiger partial charge is 0.217 e. The van der Waals surface area contributed by atoms with E-state index < -0.39 is 0 Å². The zero-order chi connectivity index (χ0) is 19.7. The minimum absolute atomic E-state index is 0.0162. The number of hydrogen-bond donors (Lipinski definition) is 1. The van der Waals surface area contributed by atoms with Crippen molar-refractivity contribution >= 4 is 5.91 Å². The minimum Gasteiger partial charge on any atom is -0.466 e. The van der Waals surface area contributed by atoms with E-state index in [1.807, 2.05) is 25.1 Å². The van der Waals surface area contributed by atoms with Crippen molar-refractivity contribution in [3.05, 3.63) is 65.3 Å². The molecule has 1 fully saturated rings. The predicted molar refractivity (Wildman–Crippen MR) is 106 cm³/mol. The maximum absolute atomic E-state index is 11.6. The average molecular weight is 379 g/mol. The number of likely N-dealkylation sites (tertiary alicyclic amines) is 1. The SMILES string of the molecule is CC(=O)N[C@@H]1CN(Cc2cc(-c3ccc(C)cc3)no2)C[C@H]1c1ccc(C)o1. The van der Waals surface area contributed by atoms with Crippen molar-refractivity contribution in [2.45, 2.75) is 39.3 Å². The minimum atomic E-state index is -0.0264. The Hall–Kier alpha value is -2.86. The first kappa shape index (κ1) is 18.5. The number of carbonyl (C=O) groups is 1. The molecule has 0 unspecified atom stereocenters. The summed E-state index contributed by atoms with van der Waals surface area (Å²) in [5.41, 5.74) is 3.10. The first-order chi connectivity index (χ1) is 13.5. The maximum Gasteiger partial charge on any atom is 0.217 e. The van der Waals surface area contributed by atoms with Crippen LogP contribution in [0.4, 0.5) is 0 Å². The average Bonchev–Trinajstić information content (AvgIpc) is 3.36. The van der Waals surface area contributed by atoms with Crippen LogP contribution in [-0.2, 0) is 11.3 Å². The fourth-order valence-corrected chi connectivity index (χ4v) is 3.83. The summed E-state index contributed by atoms with van der Waals surface area (Å²) >= 11 is 0. The third kappa shape index (κ3) is 4.02. The first-order valence-corrected chi connectivity index (χ1v) is 9.56. The van der Waals surface area contributed by atoms with Gasteiger partial charge in [0.15, 0.2) is 5.76 Å². The zero-order valence-corrected chi connectivity index (χ0v) is 16.4. The van der Waals surface area contributed by atoms with E-state index in [-0.39, 0.29) is 17.9 Å². The van der Waals surface area contributed by atoms with Crippen molar-refractivity contribution in [1.29, 1.82) is 0 Å². The summed E-state index contributed by atoms with van der Waals surface area (Å²) in [6.07, 6.45) is 0. The monoisotopic (exact) mass is 379 g/mol. The van der Waals surface area contributed by atoms with Gasteiger partial charge < -0.3 is 14.3 Å². The van der Waals surface area contributed by atoms with Crippen molar-refractivity contribution in [3.8, 4) is 11.3 Å². The van der Waals surface area contributed by atoms with Crippen LogP contribution in [0.3, 0.4) is 0 Å². The molecule has 2 aromatic heterocycles. The molecule has 3 heterocycles. The molecule has 28 heavy (non-hydrogen) atoms. The Kier molecular flexibility index (Phi) is 5.05. The highest BCUT2D eigenvalue weighted by Crippen LogP contribution is 2.30. The van der Waals surface area contributed by atoms with Gasteiger partial charge >= 0.3 is 0 Å². The van der Waals surface area contributed by atoms with Gasteiger partial charge in [0.25, 0.3) is 0 Å². The quantitative estimate of drug-likeness (QED) is 0.733. The molecule has 1 saturated heterocycles. The molecule has 0 saturated carbocycles. The fraction of sp³-hybridized carbons (Fsp3) is 0.364. The van der Waals surface area contributed by atoms with Gasteiger partial charge in [0.2, 0.25) is 5.91 Å². The second kappa shape index (κ2) is 7.64.